The minimum Gasteiger partial charge on any atom is -0.160 e. The van der Waals surface area contributed by atoms with E-state index >= 15 is 0 Å². The van der Waals surface area contributed by atoms with E-state index in [1.54, 1.807) is 12.1 Å². The van der Waals surface area contributed by atoms with Gasteiger partial charge >= 0.3 is 5.51 Å². The fraction of sp³-hybridized carbons (Fsp3) is 0.467. The Morgan fingerprint density at radius 2 is 1.85 bits per heavy atom. The van der Waals surface area contributed by atoms with Gasteiger partial charge in [-0.3, -0.25) is 0 Å². The maximum atomic E-state index is 13.8. The van der Waals surface area contributed by atoms with Crippen LogP contribution in [0.25, 0.3) is 6.08 Å². The normalized spacial score (nSPS) is 29.9. The van der Waals surface area contributed by atoms with E-state index in [1.807, 2.05) is 19.1 Å². The zero-order chi connectivity index (χ0) is 14.5. The number of aryl methyl sites for hydroxylation is 1. The summed E-state index contributed by atoms with van der Waals surface area (Å²) in [6.07, 6.45) is 5.66. The molecule has 0 nitrogen and oxygen atoms in total. The van der Waals surface area contributed by atoms with Crippen LogP contribution in [0.15, 0.2) is 28.0 Å². The van der Waals surface area contributed by atoms with Crippen LogP contribution in [0.4, 0.5) is 13.2 Å². The van der Waals surface area contributed by atoms with Gasteiger partial charge in [0.1, 0.15) is 0 Å². The van der Waals surface area contributed by atoms with Crippen molar-refractivity contribution in [3.63, 3.8) is 0 Å². The van der Waals surface area contributed by atoms with Crippen molar-refractivity contribution < 1.29 is 13.2 Å². The molecule has 1 fully saturated rings. The van der Waals surface area contributed by atoms with Gasteiger partial charge in [-0.1, -0.05) is 25.0 Å². The molecule has 0 saturated heterocycles. The summed E-state index contributed by atoms with van der Waals surface area (Å²) in [6.45, 7) is 1.89. The van der Waals surface area contributed by atoms with Gasteiger partial charge in [-0.15, -0.1) is 0 Å². The molecule has 1 unspecified atom stereocenters. The largest absolute Gasteiger partial charge is 0.442 e. The molecule has 1 heterocycles. The van der Waals surface area contributed by atoms with Crippen LogP contribution < -0.4 is 0 Å². The Balaban J connectivity index is 2.19. The predicted molar refractivity (Wildman–Crippen MR) is 82.0 cm³/mol. The molecule has 1 aliphatic heterocycles. The Labute approximate surface area is 126 Å². The molecule has 1 aromatic carbocycles. The minimum absolute atomic E-state index is 0.0813. The summed E-state index contributed by atoms with van der Waals surface area (Å²) in [7, 11) is -3.05. The lowest BCUT2D eigenvalue weighted by Crippen LogP contribution is -2.18. The second-order valence-electron chi connectivity index (χ2n) is 5.50. The third kappa shape index (κ3) is 1.97. The Bertz CT molecular complexity index is 573. The van der Waals surface area contributed by atoms with Crippen molar-refractivity contribution in [2.75, 3.05) is 0 Å². The van der Waals surface area contributed by atoms with Crippen molar-refractivity contribution in [1.29, 1.82) is 0 Å². The molecule has 1 aromatic rings. The topological polar surface area (TPSA) is 0 Å². The van der Waals surface area contributed by atoms with E-state index in [0.29, 0.717) is 9.80 Å². The highest BCUT2D eigenvalue weighted by molar-refractivity contribution is 9.59. The van der Waals surface area contributed by atoms with Crippen LogP contribution in [-0.4, -0.2) is 5.51 Å². The first-order valence-corrected chi connectivity index (χ1v) is 10.2. The molecule has 0 bridgehead atoms. The summed E-state index contributed by atoms with van der Waals surface area (Å²) in [5, 5.41) is 0. The molecular formula is C15H16BrF3S. The lowest BCUT2D eigenvalue weighted by Gasteiger charge is -2.37. The van der Waals surface area contributed by atoms with Gasteiger partial charge in [0, 0.05) is 4.90 Å². The molecule has 20 heavy (non-hydrogen) atoms. The van der Waals surface area contributed by atoms with Crippen LogP contribution in [0.2, 0.25) is 0 Å². The molecule has 0 radical (unpaired) electrons. The molecule has 0 spiro atoms. The highest BCUT2D eigenvalue weighted by Gasteiger charge is 2.56. The molecule has 0 amide bonds. The van der Waals surface area contributed by atoms with Gasteiger partial charge in [0.25, 0.3) is 0 Å². The summed E-state index contributed by atoms with van der Waals surface area (Å²) in [4.78, 5) is 1.03. The van der Waals surface area contributed by atoms with E-state index < -0.39 is 14.0 Å². The number of hydrogen-bond donors (Lipinski definition) is 0. The third-order valence-corrected chi connectivity index (χ3v) is 10.2. The monoisotopic (exact) mass is 364 g/mol. The van der Waals surface area contributed by atoms with Crippen molar-refractivity contribution in [1.82, 2.24) is 0 Å². The van der Waals surface area contributed by atoms with Gasteiger partial charge < -0.3 is 0 Å². The van der Waals surface area contributed by atoms with E-state index in [2.05, 4.69) is 14.8 Å². The summed E-state index contributed by atoms with van der Waals surface area (Å²) >= 11 is 3.17. The first-order chi connectivity index (χ1) is 9.35. The van der Waals surface area contributed by atoms with Crippen molar-refractivity contribution in [2.45, 2.75) is 43.0 Å². The summed E-state index contributed by atoms with van der Waals surface area (Å²) in [5.41, 5.74) is -2.53. The van der Waals surface area contributed by atoms with E-state index in [9.17, 15) is 13.2 Å². The Morgan fingerprint density at radius 3 is 2.45 bits per heavy atom. The van der Waals surface area contributed by atoms with Crippen LogP contribution in [0.5, 0.6) is 0 Å². The summed E-state index contributed by atoms with van der Waals surface area (Å²) in [5.74, 6) is 0.0813. The smallest absolute Gasteiger partial charge is 0.160 e. The SMILES string of the molecule is Cc1cccc2c1C=C(C1CCCC1)S2(Br)C(F)(F)F. The van der Waals surface area contributed by atoms with Crippen molar-refractivity contribution >= 4 is 29.4 Å². The molecule has 1 atom stereocenters. The standard InChI is InChI=1S/C15H16BrF3S/c1-10-5-4-8-13-12(10)9-14(11-6-2-3-7-11)20(13,16)15(17,18)19/h4-5,8-9,11H,2-3,6-7H2,1H3. The van der Waals surface area contributed by atoms with E-state index in [-0.39, 0.29) is 5.92 Å². The maximum absolute atomic E-state index is 13.8. The average molecular weight is 365 g/mol. The number of benzene rings is 1. The predicted octanol–water partition coefficient (Wildman–Crippen LogP) is 6.53. The number of fused-ring (bicyclic) bond motifs is 1. The van der Waals surface area contributed by atoms with Gasteiger partial charge in [-0.2, -0.15) is 13.2 Å². The molecule has 2 aliphatic rings. The quantitative estimate of drug-likeness (QED) is 0.531. The number of hydrogen-bond acceptors (Lipinski definition) is 0. The number of alkyl halides is 3. The first kappa shape index (κ1) is 14.5. The van der Waals surface area contributed by atoms with Gasteiger partial charge in [0.05, 0.1) is 0 Å². The molecular weight excluding hydrogens is 349 g/mol. The fourth-order valence-electron chi connectivity index (χ4n) is 3.25. The fourth-order valence-corrected chi connectivity index (χ4v) is 7.71. The second kappa shape index (κ2) is 4.80. The van der Waals surface area contributed by atoms with Gasteiger partial charge in [0.2, 0.25) is 0 Å². The van der Waals surface area contributed by atoms with Gasteiger partial charge in [0.15, 0.2) is 0 Å². The van der Waals surface area contributed by atoms with Crippen molar-refractivity contribution in [3.8, 4) is 0 Å². The zero-order valence-corrected chi connectivity index (χ0v) is 13.5. The maximum Gasteiger partial charge on any atom is 0.442 e. The van der Waals surface area contributed by atoms with Crippen molar-refractivity contribution in [3.05, 3.63) is 34.2 Å². The van der Waals surface area contributed by atoms with E-state index in [1.165, 1.54) is 0 Å². The van der Waals surface area contributed by atoms with E-state index in [0.717, 1.165) is 36.8 Å². The Hall–Kier alpha value is -0.420. The minimum atomic E-state index is -4.24. The van der Waals surface area contributed by atoms with Gasteiger partial charge in [-0.25, -0.2) is 0 Å². The molecule has 0 aromatic heterocycles. The van der Waals surface area contributed by atoms with Crippen LogP contribution in [0.3, 0.4) is 0 Å². The molecule has 1 saturated carbocycles. The molecule has 5 heteroatoms. The summed E-state index contributed by atoms with van der Waals surface area (Å²) < 4.78 is 41.4. The molecule has 110 valence electrons. The number of rotatable bonds is 1. The van der Waals surface area contributed by atoms with Crippen LogP contribution in [-0.2, 0) is 0 Å². The molecule has 0 N–H and O–H groups in total. The van der Waals surface area contributed by atoms with Crippen molar-refractivity contribution in [2.24, 2.45) is 5.92 Å². The highest BCUT2D eigenvalue weighted by atomic mass is 79.9. The lowest BCUT2D eigenvalue weighted by molar-refractivity contribution is -0.0356. The molecule has 3 rings (SSSR count). The summed E-state index contributed by atoms with van der Waals surface area (Å²) in [6, 6.07) is 5.25. The number of halogens is 4. The molecule has 1 aliphatic carbocycles. The first-order valence-electron chi connectivity index (χ1n) is 6.76. The lowest BCUT2D eigenvalue weighted by atomic mass is 10.0. The second-order valence-corrected chi connectivity index (χ2v) is 10.9. The van der Waals surface area contributed by atoms with Crippen LogP contribution in [0.1, 0.15) is 36.8 Å². The third-order valence-electron chi connectivity index (χ3n) is 4.28. The van der Waals surface area contributed by atoms with E-state index in [4.69, 9.17) is 0 Å². The zero-order valence-electron chi connectivity index (χ0n) is 11.1. The number of allylic oxidation sites excluding steroid dienone is 1. The van der Waals surface area contributed by atoms with Gasteiger partial charge in [-0.05, 0) is 77.1 Å². The highest BCUT2D eigenvalue weighted by Crippen LogP contribution is 2.83. The average Bonchev–Trinajstić information content (AvgIpc) is 2.96. The Kier molecular flexibility index (Phi) is 3.49. The van der Waals surface area contributed by atoms with Crippen LogP contribution >= 0.6 is 23.3 Å². The van der Waals surface area contributed by atoms with Crippen LogP contribution in [0, 0.1) is 12.8 Å². The Morgan fingerprint density at radius 1 is 1.20 bits per heavy atom.